The summed E-state index contributed by atoms with van der Waals surface area (Å²) in [6.07, 6.45) is -3.00. The summed E-state index contributed by atoms with van der Waals surface area (Å²) in [6, 6.07) is 10.3. The first-order valence-corrected chi connectivity index (χ1v) is 10.3. The summed E-state index contributed by atoms with van der Waals surface area (Å²) in [7, 11) is 0. The van der Waals surface area contributed by atoms with Crippen LogP contribution in [0.5, 0.6) is 0 Å². The van der Waals surface area contributed by atoms with Gasteiger partial charge in [0.1, 0.15) is 30.5 Å². The van der Waals surface area contributed by atoms with E-state index in [0.717, 1.165) is 24.0 Å². The van der Waals surface area contributed by atoms with Crippen LogP contribution in [0.1, 0.15) is 41.0 Å². The lowest BCUT2D eigenvalue weighted by atomic mass is 9.94. The molecule has 2 aromatic rings. The standard InChI is InChI=1S/C20H25ClO5S/c1-2-3-11-4-6-12(7-5-11)8-13-9-15(27-20(13)21)19-18(25)17(24)16(23)14(10-22)26-19/h4-7,9,14,16-19,22-25H,2-3,8,10H2,1H3. The first-order chi connectivity index (χ1) is 12.9. The lowest BCUT2D eigenvalue weighted by Gasteiger charge is -2.39. The van der Waals surface area contributed by atoms with Crippen molar-refractivity contribution in [1.29, 1.82) is 0 Å². The van der Waals surface area contributed by atoms with Crippen LogP contribution in [0.3, 0.4) is 0 Å². The number of benzene rings is 1. The molecule has 0 saturated carbocycles. The molecule has 5 nitrogen and oxygen atoms in total. The number of aryl methyl sites for hydroxylation is 1. The van der Waals surface area contributed by atoms with Gasteiger partial charge in [-0.25, -0.2) is 0 Å². The van der Waals surface area contributed by atoms with Crippen LogP contribution in [0.4, 0.5) is 0 Å². The van der Waals surface area contributed by atoms with Crippen LogP contribution in [0.2, 0.25) is 4.34 Å². The molecule has 5 unspecified atom stereocenters. The molecule has 2 heterocycles. The summed E-state index contributed by atoms with van der Waals surface area (Å²) < 4.78 is 6.22. The summed E-state index contributed by atoms with van der Waals surface area (Å²) in [5, 5.41) is 39.5. The SMILES string of the molecule is CCCc1ccc(Cc2cc(C3OC(CO)C(O)C(O)C3O)sc2Cl)cc1. The van der Waals surface area contributed by atoms with Crippen LogP contribution < -0.4 is 0 Å². The Morgan fingerprint density at radius 2 is 1.70 bits per heavy atom. The van der Waals surface area contributed by atoms with E-state index in [9.17, 15) is 20.4 Å². The number of ether oxygens (including phenoxy) is 1. The number of thiophene rings is 1. The van der Waals surface area contributed by atoms with Crippen LogP contribution >= 0.6 is 22.9 Å². The van der Waals surface area contributed by atoms with Gasteiger partial charge in [0, 0.05) is 4.88 Å². The molecule has 0 radical (unpaired) electrons. The van der Waals surface area contributed by atoms with E-state index >= 15 is 0 Å². The van der Waals surface area contributed by atoms with E-state index in [0.29, 0.717) is 15.6 Å². The third-order valence-corrected chi connectivity index (χ3v) is 6.41. The Bertz CT molecular complexity index is 745. The highest BCUT2D eigenvalue weighted by Gasteiger charge is 2.44. The van der Waals surface area contributed by atoms with E-state index in [-0.39, 0.29) is 0 Å². The van der Waals surface area contributed by atoms with Gasteiger partial charge in [-0.3, -0.25) is 0 Å². The van der Waals surface area contributed by atoms with Crippen molar-refractivity contribution in [3.05, 3.63) is 56.2 Å². The van der Waals surface area contributed by atoms with Gasteiger partial charge in [-0.15, -0.1) is 11.3 Å². The first-order valence-electron chi connectivity index (χ1n) is 9.11. The lowest BCUT2D eigenvalue weighted by Crippen LogP contribution is -2.55. The Morgan fingerprint density at radius 3 is 2.33 bits per heavy atom. The topological polar surface area (TPSA) is 90.2 Å². The molecule has 1 aliphatic heterocycles. The van der Waals surface area contributed by atoms with Crippen molar-refractivity contribution in [2.24, 2.45) is 0 Å². The molecule has 0 amide bonds. The van der Waals surface area contributed by atoms with E-state index in [4.69, 9.17) is 16.3 Å². The molecule has 4 N–H and O–H groups in total. The van der Waals surface area contributed by atoms with Gasteiger partial charge < -0.3 is 25.2 Å². The van der Waals surface area contributed by atoms with Crippen LogP contribution in [-0.4, -0.2) is 51.4 Å². The summed E-state index contributed by atoms with van der Waals surface area (Å²) in [6.45, 7) is 1.71. The molecular weight excluding hydrogens is 388 g/mol. The Labute approximate surface area is 167 Å². The maximum absolute atomic E-state index is 10.3. The van der Waals surface area contributed by atoms with Crippen LogP contribution in [0, 0.1) is 0 Å². The van der Waals surface area contributed by atoms with Gasteiger partial charge in [0.2, 0.25) is 0 Å². The molecule has 0 spiro atoms. The fraction of sp³-hybridized carbons (Fsp3) is 0.500. The van der Waals surface area contributed by atoms with Crippen molar-refractivity contribution < 1.29 is 25.2 Å². The van der Waals surface area contributed by atoms with Crippen LogP contribution in [-0.2, 0) is 17.6 Å². The summed E-state index contributed by atoms with van der Waals surface area (Å²) in [5.41, 5.74) is 3.35. The number of aliphatic hydroxyl groups excluding tert-OH is 4. The number of aliphatic hydroxyl groups is 4. The maximum Gasteiger partial charge on any atom is 0.121 e. The third-order valence-electron chi connectivity index (χ3n) is 4.91. The monoisotopic (exact) mass is 412 g/mol. The molecule has 0 aliphatic carbocycles. The van der Waals surface area contributed by atoms with Gasteiger partial charge in [0.25, 0.3) is 0 Å². The molecule has 1 fully saturated rings. The van der Waals surface area contributed by atoms with E-state index < -0.39 is 37.1 Å². The van der Waals surface area contributed by atoms with Gasteiger partial charge in [0.05, 0.1) is 10.9 Å². The molecule has 1 saturated heterocycles. The summed E-state index contributed by atoms with van der Waals surface area (Å²) >= 11 is 7.68. The molecule has 1 aromatic heterocycles. The predicted octanol–water partition coefficient (Wildman–Crippen LogP) is 2.46. The molecule has 27 heavy (non-hydrogen) atoms. The van der Waals surface area contributed by atoms with Gasteiger partial charge in [-0.05, 0) is 35.6 Å². The highest BCUT2D eigenvalue weighted by atomic mass is 35.5. The fourth-order valence-corrected chi connectivity index (χ4v) is 4.73. The maximum atomic E-state index is 10.3. The van der Waals surface area contributed by atoms with Gasteiger partial charge in [-0.1, -0.05) is 49.2 Å². The minimum absolute atomic E-state index is 0.447. The molecule has 0 bridgehead atoms. The zero-order valence-corrected chi connectivity index (χ0v) is 16.7. The third kappa shape index (κ3) is 4.54. The Morgan fingerprint density at radius 1 is 1.04 bits per heavy atom. The normalized spacial score (nSPS) is 28.4. The predicted molar refractivity (Wildman–Crippen MR) is 105 cm³/mol. The van der Waals surface area contributed by atoms with Gasteiger partial charge in [0.15, 0.2) is 0 Å². The van der Waals surface area contributed by atoms with Crippen molar-refractivity contribution in [2.75, 3.05) is 6.61 Å². The number of halogens is 1. The second-order valence-corrected chi connectivity index (χ2v) is 8.63. The largest absolute Gasteiger partial charge is 0.394 e. The van der Waals surface area contributed by atoms with E-state index in [1.807, 2.05) is 6.07 Å². The Kier molecular flexibility index (Phi) is 6.92. The first kappa shape index (κ1) is 20.7. The highest BCUT2D eigenvalue weighted by molar-refractivity contribution is 7.16. The zero-order chi connectivity index (χ0) is 19.6. The second-order valence-electron chi connectivity index (χ2n) is 6.94. The minimum Gasteiger partial charge on any atom is -0.394 e. The lowest BCUT2D eigenvalue weighted by molar-refractivity contribution is -0.230. The summed E-state index contributed by atoms with van der Waals surface area (Å²) in [4.78, 5) is 0.662. The Hall–Kier alpha value is -0.990. The molecule has 3 rings (SSSR count). The molecule has 148 valence electrons. The molecule has 5 atom stereocenters. The summed E-state index contributed by atoms with van der Waals surface area (Å²) in [5.74, 6) is 0. The number of rotatable bonds is 6. The smallest absolute Gasteiger partial charge is 0.121 e. The average Bonchev–Trinajstić information content (AvgIpc) is 3.02. The van der Waals surface area contributed by atoms with Crippen molar-refractivity contribution in [3.8, 4) is 0 Å². The quantitative estimate of drug-likeness (QED) is 0.585. The van der Waals surface area contributed by atoms with Crippen LogP contribution in [0.25, 0.3) is 0 Å². The zero-order valence-electron chi connectivity index (χ0n) is 15.1. The number of hydrogen-bond donors (Lipinski definition) is 4. The van der Waals surface area contributed by atoms with Crippen molar-refractivity contribution in [1.82, 2.24) is 0 Å². The van der Waals surface area contributed by atoms with Crippen LogP contribution in [0.15, 0.2) is 30.3 Å². The molecule has 7 heteroatoms. The molecule has 1 aromatic carbocycles. The Balaban J connectivity index is 1.77. The average molecular weight is 413 g/mol. The van der Waals surface area contributed by atoms with Crippen molar-refractivity contribution in [2.45, 2.75) is 56.7 Å². The minimum atomic E-state index is -1.39. The number of hydrogen-bond acceptors (Lipinski definition) is 6. The highest BCUT2D eigenvalue weighted by Crippen LogP contribution is 2.39. The molecule has 1 aliphatic rings. The van der Waals surface area contributed by atoms with E-state index in [1.54, 1.807) is 0 Å². The molecular formula is C20H25ClO5S. The second kappa shape index (κ2) is 9.01. The van der Waals surface area contributed by atoms with Crippen molar-refractivity contribution >= 4 is 22.9 Å². The van der Waals surface area contributed by atoms with E-state index in [1.165, 1.54) is 16.9 Å². The van der Waals surface area contributed by atoms with Gasteiger partial charge >= 0.3 is 0 Å². The fourth-order valence-electron chi connectivity index (χ4n) is 3.36. The van der Waals surface area contributed by atoms with Gasteiger partial charge in [-0.2, -0.15) is 0 Å². The van der Waals surface area contributed by atoms with Crippen molar-refractivity contribution in [3.63, 3.8) is 0 Å². The van der Waals surface area contributed by atoms with E-state index in [2.05, 4.69) is 31.2 Å².